The van der Waals surface area contributed by atoms with Crippen molar-refractivity contribution in [2.24, 2.45) is 11.7 Å². The van der Waals surface area contributed by atoms with Gasteiger partial charge in [-0.15, -0.1) is 12.4 Å². The second kappa shape index (κ2) is 6.99. The minimum atomic E-state index is -0.125. The van der Waals surface area contributed by atoms with E-state index in [4.69, 9.17) is 5.73 Å². The van der Waals surface area contributed by atoms with Crippen molar-refractivity contribution in [1.29, 1.82) is 0 Å². The first-order valence-electron chi connectivity index (χ1n) is 6.86. The van der Waals surface area contributed by atoms with Crippen molar-refractivity contribution >= 4 is 18.3 Å². The van der Waals surface area contributed by atoms with E-state index in [-0.39, 0.29) is 30.3 Å². The molecule has 0 radical (unpaired) electrons. The Kier molecular flexibility index (Phi) is 5.89. The Morgan fingerprint density at radius 1 is 1.50 bits per heavy atom. The highest BCUT2D eigenvalue weighted by Crippen LogP contribution is 2.31. The molecule has 3 N–H and O–H groups in total. The average molecular weight is 299 g/mol. The van der Waals surface area contributed by atoms with Crippen molar-refractivity contribution in [1.82, 2.24) is 15.3 Å². The number of hydrogen-bond donors (Lipinski definition) is 2. The van der Waals surface area contributed by atoms with Gasteiger partial charge in [0.05, 0.1) is 11.3 Å². The fourth-order valence-corrected chi connectivity index (χ4v) is 2.10. The Hall–Kier alpha value is -1.20. The molecule has 6 heteroatoms. The molecule has 0 bridgehead atoms. The van der Waals surface area contributed by atoms with Gasteiger partial charge < -0.3 is 11.1 Å². The first-order valence-corrected chi connectivity index (χ1v) is 6.86. The summed E-state index contributed by atoms with van der Waals surface area (Å²) in [5, 5.41) is 2.89. The number of aromatic nitrogens is 2. The molecular weight excluding hydrogens is 276 g/mol. The van der Waals surface area contributed by atoms with Crippen LogP contribution in [0.15, 0.2) is 6.20 Å². The van der Waals surface area contributed by atoms with Gasteiger partial charge >= 0.3 is 0 Å². The van der Waals surface area contributed by atoms with Crippen LogP contribution in [0, 0.1) is 12.8 Å². The van der Waals surface area contributed by atoms with Gasteiger partial charge in [0.2, 0.25) is 0 Å². The number of nitrogens with zero attached hydrogens (tertiary/aromatic N) is 2. The van der Waals surface area contributed by atoms with Crippen LogP contribution in [0.4, 0.5) is 0 Å². The van der Waals surface area contributed by atoms with Crippen molar-refractivity contribution in [2.75, 3.05) is 6.54 Å². The van der Waals surface area contributed by atoms with Gasteiger partial charge in [-0.1, -0.05) is 13.8 Å². The van der Waals surface area contributed by atoms with Crippen LogP contribution in [-0.2, 0) is 0 Å². The van der Waals surface area contributed by atoms with Gasteiger partial charge in [-0.3, -0.25) is 4.79 Å². The van der Waals surface area contributed by atoms with E-state index >= 15 is 0 Å². The van der Waals surface area contributed by atoms with E-state index in [0.717, 1.165) is 5.69 Å². The predicted molar refractivity (Wildman–Crippen MR) is 81.1 cm³/mol. The molecule has 1 fully saturated rings. The number of rotatable bonds is 5. The highest BCUT2D eigenvalue weighted by molar-refractivity contribution is 5.95. The van der Waals surface area contributed by atoms with Gasteiger partial charge in [-0.25, -0.2) is 9.97 Å². The number of halogens is 1. The smallest absolute Gasteiger partial charge is 0.254 e. The Morgan fingerprint density at radius 2 is 2.15 bits per heavy atom. The third-order valence-corrected chi connectivity index (χ3v) is 3.46. The lowest BCUT2D eigenvalue weighted by Crippen LogP contribution is -2.39. The first-order chi connectivity index (χ1) is 8.99. The van der Waals surface area contributed by atoms with Gasteiger partial charge in [0.1, 0.15) is 5.82 Å². The van der Waals surface area contributed by atoms with Crippen LogP contribution in [0.1, 0.15) is 54.5 Å². The third-order valence-electron chi connectivity index (χ3n) is 3.46. The highest BCUT2D eigenvalue weighted by Gasteiger charge is 2.28. The van der Waals surface area contributed by atoms with Gasteiger partial charge in [0.15, 0.2) is 0 Å². The van der Waals surface area contributed by atoms with Crippen molar-refractivity contribution in [2.45, 2.75) is 45.6 Å². The topological polar surface area (TPSA) is 80.9 Å². The molecule has 0 aromatic carbocycles. The normalized spacial score (nSPS) is 15.7. The Bertz CT molecular complexity index is 474. The summed E-state index contributed by atoms with van der Waals surface area (Å²) in [7, 11) is 0. The van der Waals surface area contributed by atoms with Crippen LogP contribution in [0.25, 0.3) is 0 Å². The minimum Gasteiger partial charge on any atom is -0.350 e. The summed E-state index contributed by atoms with van der Waals surface area (Å²) in [6.07, 6.45) is 3.97. The van der Waals surface area contributed by atoms with E-state index in [1.54, 1.807) is 6.20 Å². The zero-order valence-corrected chi connectivity index (χ0v) is 13.0. The molecule has 0 aliphatic heterocycles. The molecule has 1 aromatic rings. The number of aryl methyl sites for hydroxylation is 1. The zero-order chi connectivity index (χ0) is 14.0. The van der Waals surface area contributed by atoms with E-state index in [9.17, 15) is 4.79 Å². The van der Waals surface area contributed by atoms with Crippen LogP contribution in [0.2, 0.25) is 0 Å². The minimum absolute atomic E-state index is 0. The largest absolute Gasteiger partial charge is 0.350 e. The van der Waals surface area contributed by atoms with Gasteiger partial charge in [0, 0.05) is 18.8 Å². The summed E-state index contributed by atoms with van der Waals surface area (Å²) in [6, 6.07) is 0.0674. The Labute approximate surface area is 126 Å². The lowest BCUT2D eigenvalue weighted by molar-refractivity contribution is 0.0948. The molecule has 20 heavy (non-hydrogen) atoms. The molecule has 1 atom stereocenters. The maximum absolute atomic E-state index is 12.2. The van der Waals surface area contributed by atoms with Crippen molar-refractivity contribution in [3.8, 4) is 0 Å². The molecule has 1 heterocycles. The number of amides is 1. The van der Waals surface area contributed by atoms with Crippen LogP contribution < -0.4 is 11.1 Å². The highest BCUT2D eigenvalue weighted by atomic mass is 35.5. The molecule has 0 saturated heterocycles. The summed E-state index contributed by atoms with van der Waals surface area (Å²) in [5.41, 5.74) is 7.34. The maximum atomic E-state index is 12.2. The molecule has 1 aliphatic rings. The summed E-state index contributed by atoms with van der Waals surface area (Å²) < 4.78 is 0. The van der Waals surface area contributed by atoms with E-state index in [1.165, 1.54) is 12.8 Å². The third kappa shape index (κ3) is 4.15. The number of carbonyl (C=O) groups excluding carboxylic acids is 1. The van der Waals surface area contributed by atoms with Crippen molar-refractivity contribution in [3.05, 3.63) is 23.3 Å². The summed E-state index contributed by atoms with van der Waals surface area (Å²) in [6.45, 7) is 6.40. The number of nitrogens with one attached hydrogen (secondary N) is 1. The van der Waals surface area contributed by atoms with Gasteiger partial charge in [-0.2, -0.15) is 0 Å². The van der Waals surface area contributed by atoms with Crippen LogP contribution >= 0.6 is 12.4 Å². The average Bonchev–Trinajstić information content (AvgIpc) is 3.19. The van der Waals surface area contributed by atoms with Gasteiger partial charge in [0.25, 0.3) is 5.91 Å². The van der Waals surface area contributed by atoms with Crippen LogP contribution in [-0.4, -0.2) is 28.5 Å². The molecule has 112 valence electrons. The lowest BCUT2D eigenvalue weighted by atomic mass is 10.0. The number of carbonyl (C=O) groups is 1. The summed E-state index contributed by atoms with van der Waals surface area (Å²) >= 11 is 0. The van der Waals surface area contributed by atoms with E-state index in [2.05, 4.69) is 15.3 Å². The summed E-state index contributed by atoms with van der Waals surface area (Å²) in [5.74, 6) is 1.34. The maximum Gasteiger partial charge on any atom is 0.254 e. The second-order valence-corrected chi connectivity index (χ2v) is 5.58. The second-order valence-electron chi connectivity index (χ2n) is 5.58. The molecule has 1 aromatic heterocycles. The lowest BCUT2D eigenvalue weighted by Gasteiger charge is -2.14. The molecule has 1 aliphatic carbocycles. The Morgan fingerprint density at radius 3 is 2.70 bits per heavy atom. The van der Waals surface area contributed by atoms with Gasteiger partial charge in [-0.05, 0) is 31.6 Å². The zero-order valence-electron chi connectivity index (χ0n) is 12.2. The fraction of sp³-hybridized carbons (Fsp3) is 0.643. The molecule has 2 rings (SSSR count). The molecule has 1 unspecified atom stereocenters. The Balaban J connectivity index is 0.00000200. The SMILES string of the molecule is Cc1ncc(C(=O)NCC(N)C2CC2)c(C(C)C)n1.Cl. The number of nitrogens with two attached hydrogens (primary N) is 1. The standard InChI is InChI=1S/C14H22N4O.ClH/c1-8(2)13-11(6-16-9(3)18-13)14(19)17-7-12(15)10-4-5-10;/h6,8,10,12H,4-5,7,15H2,1-3H3,(H,17,19);1H. The summed E-state index contributed by atoms with van der Waals surface area (Å²) in [4.78, 5) is 20.7. The molecule has 5 nitrogen and oxygen atoms in total. The monoisotopic (exact) mass is 298 g/mol. The van der Waals surface area contributed by atoms with Crippen molar-refractivity contribution < 1.29 is 4.79 Å². The fourth-order valence-electron chi connectivity index (χ4n) is 2.10. The molecular formula is C14H23ClN4O. The first kappa shape index (κ1) is 16.9. The van der Waals surface area contributed by atoms with E-state index in [0.29, 0.717) is 23.9 Å². The quantitative estimate of drug-likeness (QED) is 0.868. The molecule has 0 spiro atoms. The van der Waals surface area contributed by atoms with Crippen molar-refractivity contribution in [3.63, 3.8) is 0 Å². The van der Waals surface area contributed by atoms with Crippen LogP contribution in [0.5, 0.6) is 0 Å². The predicted octanol–water partition coefficient (Wildman–Crippen LogP) is 1.80. The molecule has 1 amide bonds. The number of hydrogen-bond acceptors (Lipinski definition) is 4. The van der Waals surface area contributed by atoms with E-state index < -0.39 is 0 Å². The van der Waals surface area contributed by atoms with Crippen LogP contribution in [0.3, 0.4) is 0 Å². The van der Waals surface area contributed by atoms with E-state index in [1.807, 2.05) is 20.8 Å². The molecule has 1 saturated carbocycles.